The molecule has 1 aliphatic heterocycles. The number of ketones is 1. The lowest BCUT2D eigenvalue weighted by atomic mass is 9.45. The van der Waals surface area contributed by atoms with Crippen molar-refractivity contribution < 1.29 is 14.3 Å². The molecular weight excluding hydrogens is 338 g/mol. The number of carbonyl (C=O) groups is 1. The Morgan fingerprint density at radius 1 is 1.22 bits per heavy atom. The minimum Gasteiger partial charge on any atom is -0.381 e. The molecule has 0 aromatic heterocycles. The summed E-state index contributed by atoms with van der Waals surface area (Å²) in [5, 5.41) is 0. The molecule has 7 saturated carbocycles. The quantitative estimate of drug-likeness (QED) is 0.765. The summed E-state index contributed by atoms with van der Waals surface area (Å²) in [6.07, 6.45) is 6.59. The molecular formula is C23H33NO3. The first-order chi connectivity index (χ1) is 13.0. The van der Waals surface area contributed by atoms with E-state index in [-0.39, 0.29) is 28.3 Å². The number of carbonyl (C=O) groups excluding carboxylic acids is 1. The Kier molecular flexibility index (Phi) is 2.63. The van der Waals surface area contributed by atoms with E-state index in [0.29, 0.717) is 35.2 Å². The van der Waals surface area contributed by atoms with Gasteiger partial charge in [-0.1, -0.05) is 13.8 Å². The highest BCUT2D eigenvalue weighted by molar-refractivity contribution is 5.95. The van der Waals surface area contributed by atoms with Crippen molar-refractivity contribution >= 4 is 5.78 Å². The van der Waals surface area contributed by atoms with Crippen molar-refractivity contribution in [1.29, 1.82) is 0 Å². The molecule has 0 aromatic rings. The van der Waals surface area contributed by atoms with E-state index < -0.39 is 0 Å². The van der Waals surface area contributed by atoms with Gasteiger partial charge in [0.25, 0.3) is 0 Å². The van der Waals surface area contributed by atoms with Crippen molar-refractivity contribution in [3.05, 3.63) is 0 Å². The van der Waals surface area contributed by atoms with Crippen LogP contribution in [0.3, 0.4) is 0 Å². The van der Waals surface area contributed by atoms with Crippen LogP contribution in [0.4, 0.5) is 0 Å². The van der Waals surface area contributed by atoms with Gasteiger partial charge in [-0.3, -0.25) is 9.69 Å². The smallest absolute Gasteiger partial charge is 0.142 e. The fraction of sp³-hybridized carbons (Fsp3) is 0.957. The van der Waals surface area contributed by atoms with E-state index in [0.717, 1.165) is 25.3 Å². The van der Waals surface area contributed by atoms with E-state index in [1.807, 2.05) is 14.2 Å². The molecule has 0 radical (unpaired) electrons. The molecule has 0 unspecified atom stereocenters. The second kappa shape index (κ2) is 4.34. The zero-order chi connectivity index (χ0) is 18.6. The third kappa shape index (κ3) is 1.20. The van der Waals surface area contributed by atoms with Gasteiger partial charge in [-0.2, -0.15) is 0 Å². The van der Waals surface area contributed by atoms with Crippen molar-refractivity contribution in [3.63, 3.8) is 0 Å². The molecule has 8 fully saturated rings. The molecule has 27 heavy (non-hydrogen) atoms. The maximum Gasteiger partial charge on any atom is 0.142 e. The van der Waals surface area contributed by atoms with Crippen molar-refractivity contribution in [1.82, 2.24) is 4.90 Å². The largest absolute Gasteiger partial charge is 0.381 e. The van der Waals surface area contributed by atoms with Gasteiger partial charge in [0.2, 0.25) is 0 Å². The van der Waals surface area contributed by atoms with E-state index in [9.17, 15) is 4.79 Å². The standard InChI is InChI=1S/C23H33NO3/c1-5-24-11-20(2)7-6-16(27-4)23-15(20)8-13(19(23)24)21-10-14(26-3)12-9-22(21,23)18(21)17(12)25/h12-16,18-19H,5-11H2,1-4H3/t12-,13+,14+,15-,16+,18-,19-,20+,21+,22-,23+/m1/s1. The van der Waals surface area contributed by atoms with Crippen LogP contribution in [-0.2, 0) is 14.3 Å². The molecule has 8 rings (SSSR count). The van der Waals surface area contributed by atoms with Gasteiger partial charge < -0.3 is 9.47 Å². The summed E-state index contributed by atoms with van der Waals surface area (Å²) in [6, 6.07) is 0.643. The fourth-order valence-corrected chi connectivity index (χ4v) is 11.5. The van der Waals surface area contributed by atoms with Crippen molar-refractivity contribution in [3.8, 4) is 0 Å². The van der Waals surface area contributed by atoms with Crippen molar-refractivity contribution in [2.24, 2.45) is 45.3 Å². The summed E-state index contributed by atoms with van der Waals surface area (Å²) in [7, 11) is 3.78. The highest BCUT2D eigenvalue weighted by atomic mass is 16.5. The van der Waals surface area contributed by atoms with Gasteiger partial charge in [0.05, 0.1) is 12.2 Å². The Bertz CT molecular complexity index is 769. The van der Waals surface area contributed by atoms with Crippen LogP contribution in [0.15, 0.2) is 0 Å². The number of piperidine rings is 1. The van der Waals surface area contributed by atoms with Crippen LogP contribution in [0.2, 0.25) is 0 Å². The third-order valence-corrected chi connectivity index (χ3v) is 11.6. The molecule has 8 aliphatic rings. The van der Waals surface area contributed by atoms with E-state index in [4.69, 9.17) is 9.47 Å². The highest BCUT2D eigenvalue weighted by Gasteiger charge is 3.02. The predicted octanol–water partition coefficient (Wildman–Crippen LogP) is 2.75. The normalized spacial score (nSPS) is 67.0. The average molecular weight is 372 g/mol. The lowest BCUT2D eigenvalue weighted by Crippen LogP contribution is -2.69. The Hall–Kier alpha value is -0.450. The number of hydrogen-bond acceptors (Lipinski definition) is 4. The summed E-state index contributed by atoms with van der Waals surface area (Å²) in [4.78, 5) is 16.3. The van der Waals surface area contributed by atoms with Crippen molar-refractivity contribution in [2.45, 2.75) is 64.2 Å². The minimum atomic E-state index is 0.164. The number of hydrogen-bond donors (Lipinski definition) is 0. The van der Waals surface area contributed by atoms with Crippen molar-refractivity contribution in [2.75, 3.05) is 27.3 Å². The Labute approximate surface area is 162 Å². The molecule has 4 nitrogen and oxygen atoms in total. The first-order valence-electron chi connectivity index (χ1n) is 11.3. The Morgan fingerprint density at radius 3 is 2.74 bits per heavy atom. The number of methoxy groups -OCH3 is 2. The lowest BCUT2D eigenvalue weighted by Gasteiger charge is -2.65. The van der Waals surface area contributed by atoms with Crippen LogP contribution in [-0.4, -0.2) is 56.2 Å². The lowest BCUT2D eigenvalue weighted by molar-refractivity contribution is -0.217. The van der Waals surface area contributed by atoms with Gasteiger partial charge in [-0.15, -0.1) is 0 Å². The van der Waals surface area contributed by atoms with Crippen LogP contribution in [0.25, 0.3) is 0 Å². The molecule has 1 heterocycles. The molecule has 3 spiro atoms. The maximum atomic E-state index is 13.5. The number of ether oxygens (including phenoxy) is 2. The molecule has 148 valence electrons. The van der Waals surface area contributed by atoms with E-state index in [1.54, 1.807) is 0 Å². The van der Waals surface area contributed by atoms with E-state index >= 15 is 0 Å². The zero-order valence-electron chi connectivity index (χ0n) is 17.2. The summed E-state index contributed by atoms with van der Waals surface area (Å²) in [6.45, 7) is 7.32. The van der Waals surface area contributed by atoms with Gasteiger partial charge >= 0.3 is 0 Å². The molecule has 0 aromatic carbocycles. The number of rotatable bonds is 3. The monoisotopic (exact) mass is 371 g/mol. The van der Waals surface area contributed by atoms with Gasteiger partial charge in [0.1, 0.15) is 5.78 Å². The van der Waals surface area contributed by atoms with Crippen LogP contribution >= 0.6 is 0 Å². The topological polar surface area (TPSA) is 38.8 Å². The summed E-state index contributed by atoms with van der Waals surface area (Å²) in [5.41, 5.74) is 1.12. The average Bonchev–Trinajstić information content (AvgIpc) is 2.93. The molecule has 7 aliphatic carbocycles. The van der Waals surface area contributed by atoms with Gasteiger partial charge in [0, 0.05) is 44.1 Å². The van der Waals surface area contributed by atoms with E-state index in [1.165, 1.54) is 25.8 Å². The summed E-state index contributed by atoms with van der Waals surface area (Å²) < 4.78 is 12.2. The van der Waals surface area contributed by atoms with Gasteiger partial charge in [0.15, 0.2) is 0 Å². The van der Waals surface area contributed by atoms with Crippen LogP contribution in [0, 0.1) is 45.3 Å². The number of fused-ring (bicyclic) bond motifs is 1. The molecule has 1 saturated heterocycles. The van der Waals surface area contributed by atoms with Gasteiger partial charge in [-0.05, 0) is 66.7 Å². The molecule has 9 bridgehead atoms. The highest BCUT2D eigenvalue weighted by Crippen LogP contribution is 3.01. The number of Topliss-reactive ketones (excluding diaryl/α,β-unsaturated/α-hetero) is 1. The molecule has 11 atom stereocenters. The molecule has 0 amide bonds. The van der Waals surface area contributed by atoms with Crippen LogP contribution in [0.1, 0.15) is 46.0 Å². The zero-order valence-corrected chi connectivity index (χ0v) is 17.2. The van der Waals surface area contributed by atoms with E-state index in [2.05, 4.69) is 18.7 Å². The Balaban J connectivity index is 1.49. The van der Waals surface area contributed by atoms with Crippen LogP contribution in [0.5, 0.6) is 0 Å². The number of likely N-dealkylation sites (tertiary alicyclic amines) is 1. The molecule has 0 N–H and O–H groups in total. The second-order valence-corrected chi connectivity index (χ2v) is 11.4. The van der Waals surface area contributed by atoms with Crippen LogP contribution < -0.4 is 0 Å². The minimum absolute atomic E-state index is 0.164. The Morgan fingerprint density at radius 2 is 2.04 bits per heavy atom. The predicted molar refractivity (Wildman–Crippen MR) is 100 cm³/mol. The fourth-order valence-electron chi connectivity index (χ4n) is 11.5. The first kappa shape index (κ1) is 16.4. The summed E-state index contributed by atoms with van der Waals surface area (Å²) in [5.74, 6) is 2.52. The third-order valence-electron chi connectivity index (χ3n) is 11.6. The van der Waals surface area contributed by atoms with Gasteiger partial charge in [-0.25, -0.2) is 0 Å². The summed E-state index contributed by atoms with van der Waals surface area (Å²) >= 11 is 0. The molecule has 4 heteroatoms. The first-order valence-corrected chi connectivity index (χ1v) is 11.3. The maximum absolute atomic E-state index is 13.5. The number of nitrogens with zero attached hydrogens (tertiary/aromatic N) is 1. The second-order valence-electron chi connectivity index (χ2n) is 11.4. The SMILES string of the molecule is CCN1C[C@]2(C)CC[C@H](OC)[C@@]34[C@@H]2C[C@@H]([C@@H]13)[C@]12C[C@H](OC)[C@H]3C[C@@]14[C@@H]2C3=O.